The van der Waals surface area contributed by atoms with Crippen LogP contribution in [0.15, 0.2) is 162 Å². The van der Waals surface area contributed by atoms with Crippen molar-refractivity contribution in [3.05, 3.63) is 158 Å². The molecule has 0 saturated carbocycles. The molecular formula is C42H26N2OSe. The van der Waals surface area contributed by atoms with Crippen molar-refractivity contribution in [2.75, 3.05) is 4.90 Å². The van der Waals surface area contributed by atoms with Crippen molar-refractivity contribution in [1.82, 2.24) is 4.57 Å². The van der Waals surface area contributed by atoms with Gasteiger partial charge in [-0.3, -0.25) is 0 Å². The number of nitrogens with zero attached hydrogens (tertiary/aromatic N) is 2. The van der Waals surface area contributed by atoms with Crippen LogP contribution in [0.5, 0.6) is 0 Å². The Kier molecular flexibility index (Phi) is 5.59. The van der Waals surface area contributed by atoms with E-state index in [4.69, 9.17) is 4.42 Å². The van der Waals surface area contributed by atoms with Crippen LogP contribution in [0.25, 0.3) is 68.7 Å². The molecule has 3 aromatic heterocycles. The number of aromatic nitrogens is 1. The summed E-state index contributed by atoms with van der Waals surface area (Å²) < 4.78 is 11.6. The number of fused-ring (bicyclic) bond motifs is 9. The molecule has 0 atom stereocenters. The molecule has 0 aliphatic rings. The van der Waals surface area contributed by atoms with Gasteiger partial charge in [0.2, 0.25) is 0 Å². The molecule has 0 amide bonds. The maximum atomic E-state index is 6.39. The van der Waals surface area contributed by atoms with E-state index in [1.54, 1.807) is 0 Å². The van der Waals surface area contributed by atoms with Crippen LogP contribution in [0.2, 0.25) is 0 Å². The number of furan rings is 1. The summed E-state index contributed by atoms with van der Waals surface area (Å²) >= 11 is 0.256. The Morgan fingerprint density at radius 3 is 2.00 bits per heavy atom. The van der Waals surface area contributed by atoms with Gasteiger partial charge in [-0.05, 0) is 0 Å². The van der Waals surface area contributed by atoms with Gasteiger partial charge in [-0.25, -0.2) is 0 Å². The van der Waals surface area contributed by atoms with Gasteiger partial charge in [-0.2, -0.15) is 0 Å². The minimum absolute atomic E-state index is 0.256. The molecule has 10 aromatic rings. The molecule has 4 heteroatoms. The summed E-state index contributed by atoms with van der Waals surface area (Å²) in [5.41, 5.74) is 8.68. The monoisotopic (exact) mass is 654 g/mol. The van der Waals surface area contributed by atoms with E-state index >= 15 is 0 Å². The molecule has 0 saturated heterocycles. The molecule has 46 heavy (non-hydrogen) atoms. The van der Waals surface area contributed by atoms with Gasteiger partial charge in [0.05, 0.1) is 0 Å². The van der Waals surface area contributed by atoms with E-state index in [1.807, 2.05) is 6.07 Å². The Bertz CT molecular complexity index is 2770. The van der Waals surface area contributed by atoms with Crippen molar-refractivity contribution >= 4 is 94.6 Å². The first-order valence-corrected chi connectivity index (χ1v) is 17.2. The van der Waals surface area contributed by atoms with Gasteiger partial charge in [0.1, 0.15) is 0 Å². The third-order valence-corrected chi connectivity index (χ3v) is 11.6. The Hall–Kier alpha value is -5.54. The molecule has 0 aliphatic heterocycles. The van der Waals surface area contributed by atoms with Gasteiger partial charge in [0.25, 0.3) is 0 Å². The van der Waals surface area contributed by atoms with Crippen molar-refractivity contribution in [3.8, 4) is 5.69 Å². The van der Waals surface area contributed by atoms with E-state index < -0.39 is 0 Å². The predicted molar refractivity (Wildman–Crippen MR) is 195 cm³/mol. The molecule has 0 spiro atoms. The second-order valence-electron chi connectivity index (χ2n) is 11.8. The zero-order valence-corrected chi connectivity index (χ0v) is 26.4. The number of hydrogen-bond acceptors (Lipinski definition) is 2. The Labute approximate surface area is 270 Å². The standard InChI is InChI=1S/C42H26N2OSe/c1-2-11-27(12-3-1)44-35-16-7-4-13-30(35)31-23-21-28(25-37(31)44)43(29-22-24-33-32-14-6-9-20-40(32)46-41(33)26-29)36-17-10-19-39-42(36)34-15-5-8-18-38(34)45-39/h1-26H. The summed E-state index contributed by atoms with van der Waals surface area (Å²) in [4.78, 5) is 2.43. The maximum absolute atomic E-state index is 6.39. The molecule has 3 heterocycles. The predicted octanol–water partition coefficient (Wildman–Crippen LogP) is 11.5. The first-order chi connectivity index (χ1) is 22.8. The number of para-hydroxylation sites is 3. The number of benzene rings is 7. The molecule has 0 unspecified atom stereocenters. The fourth-order valence-electron chi connectivity index (χ4n) is 7.18. The van der Waals surface area contributed by atoms with Gasteiger partial charge in [0.15, 0.2) is 0 Å². The average Bonchev–Trinajstić information content (AvgIpc) is 3.78. The molecule has 216 valence electrons. The van der Waals surface area contributed by atoms with Crippen LogP contribution in [0.3, 0.4) is 0 Å². The molecule has 7 aromatic carbocycles. The molecule has 0 fully saturated rings. The molecule has 0 aliphatic carbocycles. The summed E-state index contributed by atoms with van der Waals surface area (Å²) in [5, 5.41) is 7.45. The Morgan fingerprint density at radius 1 is 0.457 bits per heavy atom. The fraction of sp³-hybridized carbons (Fsp3) is 0. The average molecular weight is 654 g/mol. The summed E-state index contributed by atoms with van der Waals surface area (Å²) in [6.45, 7) is 0. The topological polar surface area (TPSA) is 21.3 Å². The zero-order chi connectivity index (χ0) is 30.2. The van der Waals surface area contributed by atoms with Crippen molar-refractivity contribution in [2.45, 2.75) is 0 Å². The van der Waals surface area contributed by atoms with Crippen LogP contribution >= 0.6 is 0 Å². The van der Waals surface area contributed by atoms with Crippen LogP contribution in [-0.2, 0) is 0 Å². The van der Waals surface area contributed by atoms with Crippen LogP contribution in [0, 0.1) is 0 Å². The first-order valence-electron chi connectivity index (χ1n) is 15.5. The van der Waals surface area contributed by atoms with E-state index in [-0.39, 0.29) is 14.5 Å². The van der Waals surface area contributed by atoms with E-state index in [0.717, 1.165) is 44.7 Å². The number of hydrogen-bond donors (Lipinski definition) is 0. The molecule has 0 bridgehead atoms. The third-order valence-electron chi connectivity index (χ3n) is 9.17. The quantitative estimate of drug-likeness (QED) is 0.176. The van der Waals surface area contributed by atoms with Crippen LogP contribution in [0.1, 0.15) is 0 Å². The Morgan fingerprint density at radius 2 is 1.11 bits per heavy atom. The molecule has 0 N–H and O–H groups in total. The molecule has 10 rings (SSSR count). The van der Waals surface area contributed by atoms with Gasteiger partial charge in [0, 0.05) is 0 Å². The second kappa shape index (κ2) is 9.98. The van der Waals surface area contributed by atoms with E-state index in [2.05, 4.69) is 161 Å². The van der Waals surface area contributed by atoms with Gasteiger partial charge in [-0.15, -0.1) is 0 Å². The van der Waals surface area contributed by atoms with E-state index in [0.29, 0.717) is 0 Å². The normalized spacial score (nSPS) is 11.9. The third kappa shape index (κ3) is 3.78. The molecule has 3 nitrogen and oxygen atoms in total. The van der Waals surface area contributed by atoms with Gasteiger partial charge in [-0.1, -0.05) is 0 Å². The number of rotatable bonds is 4. The molecular weight excluding hydrogens is 627 g/mol. The van der Waals surface area contributed by atoms with Crippen molar-refractivity contribution in [2.24, 2.45) is 0 Å². The van der Waals surface area contributed by atoms with Crippen LogP contribution in [-0.4, -0.2) is 19.1 Å². The molecule has 0 radical (unpaired) electrons. The summed E-state index contributed by atoms with van der Waals surface area (Å²) in [7, 11) is 0. The van der Waals surface area contributed by atoms with E-state index in [1.165, 1.54) is 41.1 Å². The second-order valence-corrected chi connectivity index (χ2v) is 14.0. The summed E-state index contributed by atoms with van der Waals surface area (Å²) in [5.74, 6) is 0. The van der Waals surface area contributed by atoms with E-state index in [9.17, 15) is 0 Å². The Balaban J connectivity index is 1.29. The fourth-order valence-corrected chi connectivity index (χ4v) is 9.57. The van der Waals surface area contributed by atoms with Crippen molar-refractivity contribution in [1.29, 1.82) is 0 Å². The first kappa shape index (κ1) is 25.8. The number of anilines is 3. The van der Waals surface area contributed by atoms with Crippen LogP contribution in [0.4, 0.5) is 17.1 Å². The minimum atomic E-state index is 0.256. The van der Waals surface area contributed by atoms with Gasteiger partial charge < -0.3 is 0 Å². The van der Waals surface area contributed by atoms with Crippen molar-refractivity contribution < 1.29 is 4.42 Å². The summed E-state index contributed by atoms with van der Waals surface area (Å²) in [6, 6.07) is 57.0. The zero-order valence-electron chi connectivity index (χ0n) is 24.7. The van der Waals surface area contributed by atoms with Crippen LogP contribution < -0.4 is 4.90 Å². The van der Waals surface area contributed by atoms with Gasteiger partial charge >= 0.3 is 272 Å². The summed E-state index contributed by atoms with van der Waals surface area (Å²) in [6.07, 6.45) is 0. The SMILES string of the molecule is c1ccc(-n2c3ccccc3c3ccc(N(c4ccc5c(c4)[se]c4ccccc45)c4cccc5oc6ccccc6c45)cc32)cc1. The van der Waals surface area contributed by atoms with Crippen molar-refractivity contribution in [3.63, 3.8) is 0 Å².